The minimum absolute atomic E-state index is 0.101. The average Bonchev–Trinajstić information content (AvgIpc) is 2.94. The molecular weight excluding hydrogens is 390 g/mol. The smallest absolute Gasteiger partial charge is 0.255 e. The third-order valence-electron chi connectivity index (χ3n) is 6.93. The van der Waals surface area contributed by atoms with Crippen LogP contribution in [-0.4, -0.2) is 58.0 Å². The number of nitrogens with zero attached hydrogens (tertiary/aromatic N) is 4. The molecule has 7 nitrogen and oxygen atoms in total. The van der Waals surface area contributed by atoms with Gasteiger partial charge in [0.2, 0.25) is 5.91 Å². The second kappa shape index (κ2) is 8.55. The molecule has 2 bridgehead atoms. The standard InChI is InChI=1S/C24H31N5O2/c1-17-10-18(4-6-25-17)12-28-13-19-11-21(16-28)22-3-2-20(24(31)29(22)14-19)15-27-8-5-23(30)26-7-9-27/h2-4,6,10,19,21H,5,7-9,11-16H2,1H3,(H,26,30)/t19-,21+/m0/s1. The largest absolute Gasteiger partial charge is 0.355 e. The number of rotatable bonds is 4. The molecule has 2 fully saturated rings. The van der Waals surface area contributed by atoms with E-state index in [1.54, 1.807) is 0 Å². The zero-order chi connectivity index (χ0) is 21.4. The van der Waals surface area contributed by atoms with Crippen LogP contribution in [-0.2, 0) is 24.4 Å². The van der Waals surface area contributed by atoms with Crippen LogP contribution in [0, 0.1) is 12.8 Å². The highest BCUT2D eigenvalue weighted by molar-refractivity contribution is 5.76. The summed E-state index contributed by atoms with van der Waals surface area (Å²) < 4.78 is 2.04. The van der Waals surface area contributed by atoms with E-state index in [9.17, 15) is 9.59 Å². The third-order valence-corrected chi connectivity index (χ3v) is 6.93. The van der Waals surface area contributed by atoms with Gasteiger partial charge in [0.15, 0.2) is 0 Å². The molecule has 31 heavy (non-hydrogen) atoms. The van der Waals surface area contributed by atoms with Crippen LogP contribution < -0.4 is 10.9 Å². The average molecular weight is 422 g/mol. The zero-order valence-electron chi connectivity index (χ0n) is 18.2. The molecule has 3 aliphatic heterocycles. The van der Waals surface area contributed by atoms with E-state index in [1.807, 2.05) is 23.8 Å². The summed E-state index contributed by atoms with van der Waals surface area (Å²) in [5.41, 5.74) is 4.57. The minimum atomic E-state index is 0.101. The van der Waals surface area contributed by atoms with Crippen LogP contribution >= 0.6 is 0 Å². The lowest BCUT2D eigenvalue weighted by Crippen LogP contribution is -2.47. The number of pyridine rings is 2. The fraction of sp³-hybridized carbons (Fsp3) is 0.542. The molecule has 164 valence electrons. The maximum absolute atomic E-state index is 13.3. The van der Waals surface area contributed by atoms with Crippen LogP contribution in [0.2, 0.25) is 0 Å². The molecule has 0 unspecified atom stereocenters. The summed E-state index contributed by atoms with van der Waals surface area (Å²) in [6.45, 7) is 8.60. The molecule has 3 aliphatic rings. The molecule has 2 atom stereocenters. The Morgan fingerprint density at radius 1 is 1.06 bits per heavy atom. The number of aryl methyl sites for hydroxylation is 1. The van der Waals surface area contributed by atoms with Gasteiger partial charge in [-0.05, 0) is 43.0 Å². The van der Waals surface area contributed by atoms with Crippen LogP contribution in [0.5, 0.6) is 0 Å². The Morgan fingerprint density at radius 2 is 1.97 bits per heavy atom. The van der Waals surface area contributed by atoms with Gasteiger partial charge in [0.25, 0.3) is 5.56 Å². The number of carbonyl (C=O) groups is 1. The van der Waals surface area contributed by atoms with E-state index in [4.69, 9.17) is 0 Å². The first-order chi connectivity index (χ1) is 15.0. The van der Waals surface area contributed by atoms with Crippen molar-refractivity contribution in [2.45, 2.75) is 45.3 Å². The molecule has 1 amide bonds. The van der Waals surface area contributed by atoms with Gasteiger partial charge in [-0.2, -0.15) is 0 Å². The number of piperidine rings is 1. The van der Waals surface area contributed by atoms with Crippen LogP contribution in [0.4, 0.5) is 0 Å². The van der Waals surface area contributed by atoms with Gasteiger partial charge in [0.1, 0.15) is 0 Å². The van der Waals surface area contributed by atoms with Crippen molar-refractivity contribution in [1.82, 2.24) is 24.7 Å². The lowest BCUT2D eigenvalue weighted by atomic mass is 9.83. The zero-order valence-corrected chi connectivity index (χ0v) is 18.2. The number of nitrogens with one attached hydrogen (secondary N) is 1. The van der Waals surface area contributed by atoms with Crippen molar-refractivity contribution < 1.29 is 4.79 Å². The van der Waals surface area contributed by atoms with Gasteiger partial charge in [-0.3, -0.25) is 24.4 Å². The summed E-state index contributed by atoms with van der Waals surface area (Å²) in [5, 5.41) is 2.90. The molecule has 0 spiro atoms. The summed E-state index contributed by atoms with van der Waals surface area (Å²) in [5.74, 6) is 1.03. The third kappa shape index (κ3) is 4.43. The van der Waals surface area contributed by atoms with Gasteiger partial charge in [-0.25, -0.2) is 0 Å². The van der Waals surface area contributed by atoms with E-state index in [-0.39, 0.29) is 11.5 Å². The lowest BCUT2D eigenvalue weighted by Gasteiger charge is -2.43. The second-order valence-corrected chi connectivity index (χ2v) is 9.37. The van der Waals surface area contributed by atoms with Crippen molar-refractivity contribution in [3.05, 3.63) is 63.3 Å². The highest BCUT2D eigenvalue weighted by Gasteiger charge is 2.35. The van der Waals surface area contributed by atoms with E-state index in [1.165, 1.54) is 17.7 Å². The number of aromatic nitrogens is 2. The monoisotopic (exact) mass is 421 g/mol. The Labute approximate surface area is 183 Å². The fourth-order valence-electron chi connectivity index (χ4n) is 5.51. The number of likely N-dealkylation sites (tertiary alicyclic amines) is 1. The van der Waals surface area contributed by atoms with Crippen molar-refractivity contribution in [1.29, 1.82) is 0 Å². The predicted molar refractivity (Wildman–Crippen MR) is 119 cm³/mol. The first-order valence-corrected chi connectivity index (χ1v) is 11.4. The normalized spacial score (nSPS) is 24.4. The summed E-state index contributed by atoms with van der Waals surface area (Å²) in [6, 6.07) is 8.48. The first-order valence-electron chi connectivity index (χ1n) is 11.4. The molecule has 1 N–H and O–H groups in total. The molecule has 0 aromatic carbocycles. The van der Waals surface area contributed by atoms with E-state index in [0.717, 1.165) is 44.0 Å². The van der Waals surface area contributed by atoms with Crippen molar-refractivity contribution in [2.24, 2.45) is 5.92 Å². The minimum Gasteiger partial charge on any atom is -0.355 e. The van der Waals surface area contributed by atoms with Gasteiger partial charge in [-0.1, -0.05) is 6.07 Å². The molecule has 0 aliphatic carbocycles. The Morgan fingerprint density at radius 3 is 2.84 bits per heavy atom. The van der Waals surface area contributed by atoms with E-state index < -0.39 is 0 Å². The first kappa shape index (κ1) is 20.4. The van der Waals surface area contributed by atoms with E-state index in [0.29, 0.717) is 37.9 Å². The fourth-order valence-corrected chi connectivity index (χ4v) is 5.51. The Balaban J connectivity index is 1.32. The Hall–Kier alpha value is -2.51. The number of hydrogen-bond acceptors (Lipinski definition) is 5. The van der Waals surface area contributed by atoms with Crippen LogP contribution in [0.3, 0.4) is 0 Å². The van der Waals surface area contributed by atoms with Gasteiger partial charge in [0.05, 0.1) is 0 Å². The molecule has 7 heteroatoms. The maximum Gasteiger partial charge on any atom is 0.255 e. The quantitative estimate of drug-likeness (QED) is 0.810. The van der Waals surface area contributed by atoms with Crippen molar-refractivity contribution in [3.8, 4) is 0 Å². The topological polar surface area (TPSA) is 70.5 Å². The molecule has 2 saturated heterocycles. The summed E-state index contributed by atoms with van der Waals surface area (Å²) >= 11 is 0. The predicted octanol–water partition coefficient (Wildman–Crippen LogP) is 1.49. The number of carbonyl (C=O) groups excluding carboxylic acids is 1. The Bertz CT molecular complexity index is 1030. The molecule has 5 rings (SSSR count). The molecule has 0 saturated carbocycles. The van der Waals surface area contributed by atoms with Crippen LogP contribution in [0.25, 0.3) is 0 Å². The van der Waals surface area contributed by atoms with Crippen molar-refractivity contribution in [2.75, 3.05) is 32.7 Å². The van der Waals surface area contributed by atoms with Gasteiger partial charge in [0, 0.05) is 87.8 Å². The SMILES string of the molecule is Cc1cc(CN2C[C@@H]3C[C@H](C2)c2ccc(CN4CCNC(=O)CC4)c(=O)n2C3)ccn1. The highest BCUT2D eigenvalue weighted by atomic mass is 16.1. The lowest BCUT2D eigenvalue weighted by molar-refractivity contribution is -0.120. The molecule has 0 radical (unpaired) electrons. The molecule has 5 heterocycles. The van der Waals surface area contributed by atoms with Gasteiger partial charge in [-0.15, -0.1) is 0 Å². The van der Waals surface area contributed by atoms with Crippen LogP contribution in [0.15, 0.2) is 35.3 Å². The maximum atomic E-state index is 13.3. The Kier molecular flexibility index (Phi) is 5.63. The van der Waals surface area contributed by atoms with Crippen LogP contribution in [0.1, 0.15) is 41.3 Å². The number of hydrogen-bond donors (Lipinski definition) is 1. The second-order valence-electron chi connectivity index (χ2n) is 9.37. The van der Waals surface area contributed by atoms with Crippen molar-refractivity contribution in [3.63, 3.8) is 0 Å². The van der Waals surface area contributed by atoms with Gasteiger partial charge < -0.3 is 9.88 Å². The summed E-state index contributed by atoms with van der Waals surface area (Å²) in [4.78, 5) is 34.0. The molecule has 2 aromatic rings. The number of fused-ring (bicyclic) bond motifs is 4. The van der Waals surface area contributed by atoms with Gasteiger partial charge >= 0.3 is 0 Å². The summed E-state index contributed by atoms with van der Waals surface area (Å²) in [6.07, 6.45) is 3.57. The number of amides is 1. The van der Waals surface area contributed by atoms with Crippen molar-refractivity contribution >= 4 is 5.91 Å². The molecular formula is C24H31N5O2. The van der Waals surface area contributed by atoms with E-state index in [2.05, 4.69) is 38.3 Å². The highest BCUT2D eigenvalue weighted by Crippen LogP contribution is 2.35. The summed E-state index contributed by atoms with van der Waals surface area (Å²) in [7, 11) is 0. The molecule has 2 aromatic heterocycles. The van der Waals surface area contributed by atoms with E-state index >= 15 is 0 Å².